The Morgan fingerprint density at radius 3 is 2.13 bits per heavy atom. The summed E-state index contributed by atoms with van der Waals surface area (Å²) in [5.41, 5.74) is 19.3. The van der Waals surface area contributed by atoms with Crippen LogP contribution in [0.15, 0.2) is 53.5 Å². The Labute approximate surface area is 282 Å². The fourth-order valence-corrected chi connectivity index (χ4v) is 5.68. The van der Waals surface area contributed by atoms with Crippen LogP contribution < -0.4 is 33.2 Å². The van der Waals surface area contributed by atoms with Crippen LogP contribution in [0.5, 0.6) is 0 Å². The van der Waals surface area contributed by atoms with Crippen LogP contribution >= 0.6 is 22.6 Å². The SMILES string of the molecule is CC(=O)N[C@H](C(=O)N[C@@H](CCCN=C(N)N)C(=O)N[C@H](Cc1ccc(I)cc1)C(=O)N1Cc2ccccc2C[C@@H]1C(N)=O)C(C)C. The molecule has 1 aliphatic heterocycles. The zero-order chi connectivity index (χ0) is 34.0. The number of nitrogens with one attached hydrogen (secondary N) is 3. The highest BCUT2D eigenvalue weighted by Gasteiger charge is 2.38. The highest BCUT2D eigenvalue weighted by molar-refractivity contribution is 14.1. The van der Waals surface area contributed by atoms with E-state index in [2.05, 4.69) is 43.5 Å². The minimum Gasteiger partial charge on any atom is -0.370 e. The van der Waals surface area contributed by atoms with Crippen molar-refractivity contribution in [2.45, 2.75) is 77.2 Å². The molecule has 46 heavy (non-hydrogen) atoms. The lowest BCUT2D eigenvalue weighted by molar-refractivity contribution is -0.144. The summed E-state index contributed by atoms with van der Waals surface area (Å²) in [4.78, 5) is 71.2. The van der Waals surface area contributed by atoms with Crippen molar-refractivity contribution in [3.63, 3.8) is 0 Å². The molecule has 0 spiro atoms. The van der Waals surface area contributed by atoms with Crippen LogP contribution in [0.1, 0.15) is 50.3 Å². The summed E-state index contributed by atoms with van der Waals surface area (Å²) >= 11 is 2.18. The van der Waals surface area contributed by atoms with Gasteiger partial charge in [-0.3, -0.25) is 29.0 Å². The number of primary amides is 1. The second-order valence-corrected chi connectivity index (χ2v) is 12.9. The summed E-state index contributed by atoms with van der Waals surface area (Å²) in [5.74, 6) is -3.05. The third-order valence-corrected chi connectivity index (χ3v) is 8.43. The number of guanidine groups is 1. The predicted molar refractivity (Wildman–Crippen MR) is 183 cm³/mol. The minimum atomic E-state index is -1.09. The number of carbonyl (C=O) groups excluding carboxylic acids is 5. The monoisotopic (exact) mass is 746 g/mol. The van der Waals surface area contributed by atoms with Crippen LogP contribution in [0, 0.1) is 9.49 Å². The van der Waals surface area contributed by atoms with Gasteiger partial charge in [-0.1, -0.05) is 50.2 Å². The largest absolute Gasteiger partial charge is 0.370 e. The van der Waals surface area contributed by atoms with Crippen LogP contribution in [0.3, 0.4) is 0 Å². The van der Waals surface area contributed by atoms with Gasteiger partial charge in [-0.05, 0) is 70.2 Å². The Bertz CT molecular complexity index is 1440. The molecular formula is C32H43IN8O5. The number of benzene rings is 2. The first kappa shape index (κ1) is 36.3. The molecule has 0 fully saturated rings. The van der Waals surface area contributed by atoms with E-state index in [9.17, 15) is 24.0 Å². The van der Waals surface area contributed by atoms with Gasteiger partial charge < -0.3 is 38.1 Å². The van der Waals surface area contributed by atoms with E-state index in [-0.39, 0.29) is 44.2 Å². The van der Waals surface area contributed by atoms with Crippen molar-refractivity contribution in [1.82, 2.24) is 20.9 Å². The fourth-order valence-electron chi connectivity index (χ4n) is 5.33. The van der Waals surface area contributed by atoms with E-state index in [1.54, 1.807) is 13.8 Å². The number of halogens is 1. The van der Waals surface area contributed by atoms with Crippen molar-refractivity contribution in [2.24, 2.45) is 28.1 Å². The summed E-state index contributed by atoms with van der Waals surface area (Å²) in [6, 6.07) is 11.1. The second kappa shape index (κ2) is 16.9. The zero-order valence-electron chi connectivity index (χ0n) is 26.3. The summed E-state index contributed by atoms with van der Waals surface area (Å²) < 4.78 is 0.997. The summed E-state index contributed by atoms with van der Waals surface area (Å²) in [7, 11) is 0. The van der Waals surface area contributed by atoms with E-state index >= 15 is 0 Å². The van der Waals surface area contributed by atoms with Crippen molar-refractivity contribution < 1.29 is 24.0 Å². The van der Waals surface area contributed by atoms with Gasteiger partial charge in [-0.15, -0.1) is 0 Å². The van der Waals surface area contributed by atoms with Crippen LogP contribution in [0.4, 0.5) is 0 Å². The summed E-state index contributed by atoms with van der Waals surface area (Å²) in [6.45, 7) is 5.21. The molecule has 0 bridgehead atoms. The molecule has 0 saturated heterocycles. The molecule has 0 aliphatic carbocycles. The van der Waals surface area contributed by atoms with Gasteiger partial charge in [0.1, 0.15) is 24.2 Å². The van der Waals surface area contributed by atoms with Crippen molar-refractivity contribution in [3.05, 3.63) is 68.8 Å². The van der Waals surface area contributed by atoms with E-state index < -0.39 is 53.7 Å². The van der Waals surface area contributed by atoms with Gasteiger partial charge in [0.25, 0.3) is 0 Å². The molecule has 2 aromatic carbocycles. The highest BCUT2D eigenvalue weighted by atomic mass is 127. The normalized spacial score (nSPS) is 15.9. The maximum Gasteiger partial charge on any atom is 0.246 e. The number of carbonyl (C=O) groups is 5. The van der Waals surface area contributed by atoms with E-state index in [0.29, 0.717) is 6.42 Å². The average Bonchev–Trinajstić information content (AvgIpc) is 3.00. The molecule has 0 unspecified atom stereocenters. The number of nitrogens with two attached hydrogens (primary N) is 3. The van der Waals surface area contributed by atoms with E-state index in [4.69, 9.17) is 17.2 Å². The van der Waals surface area contributed by atoms with Gasteiger partial charge in [-0.25, -0.2) is 0 Å². The van der Waals surface area contributed by atoms with Crippen molar-refractivity contribution in [3.8, 4) is 0 Å². The first-order chi connectivity index (χ1) is 21.8. The van der Waals surface area contributed by atoms with Gasteiger partial charge in [0.05, 0.1) is 0 Å². The molecule has 3 rings (SSSR count). The maximum atomic E-state index is 14.3. The molecule has 0 saturated carbocycles. The van der Waals surface area contributed by atoms with Crippen molar-refractivity contribution in [2.75, 3.05) is 6.54 Å². The van der Waals surface area contributed by atoms with Gasteiger partial charge in [0.2, 0.25) is 29.5 Å². The molecule has 9 N–H and O–H groups in total. The molecule has 0 radical (unpaired) electrons. The molecule has 4 atom stereocenters. The minimum absolute atomic E-state index is 0.106. The Hall–Kier alpha value is -4.21. The van der Waals surface area contributed by atoms with Gasteiger partial charge in [0.15, 0.2) is 5.96 Å². The molecular weight excluding hydrogens is 703 g/mol. The molecule has 248 valence electrons. The van der Waals surface area contributed by atoms with Gasteiger partial charge >= 0.3 is 0 Å². The molecule has 2 aromatic rings. The van der Waals surface area contributed by atoms with Gasteiger partial charge in [-0.2, -0.15) is 0 Å². The highest BCUT2D eigenvalue weighted by Crippen LogP contribution is 2.25. The number of amides is 5. The molecule has 13 nitrogen and oxygen atoms in total. The van der Waals surface area contributed by atoms with Crippen LogP contribution in [0.2, 0.25) is 0 Å². The lowest BCUT2D eigenvalue weighted by Gasteiger charge is -2.37. The molecule has 1 aliphatic rings. The number of rotatable bonds is 14. The zero-order valence-corrected chi connectivity index (χ0v) is 28.5. The first-order valence-corrected chi connectivity index (χ1v) is 16.2. The molecule has 14 heteroatoms. The first-order valence-electron chi connectivity index (χ1n) is 15.1. The standard InChI is InChI=1S/C32H43IN8O5/c1-18(2)27(38-19(3)42)30(45)39-24(9-6-14-37-32(35)36)29(44)40-25(15-20-10-12-23(33)13-11-20)31(46)41-17-22-8-5-4-7-21(22)16-26(41)28(34)43/h4-5,7-8,10-13,18,24-27H,6,9,14-17H2,1-3H3,(H2,34,43)(H,38,42)(H,39,45)(H,40,44)(H4,35,36,37)/t24-,25+,26+,27-/m0/s1. The average molecular weight is 747 g/mol. The number of hydrogen-bond donors (Lipinski definition) is 6. The van der Waals surface area contributed by atoms with Crippen LogP contribution in [0.25, 0.3) is 0 Å². The number of aliphatic imine (C=N–C) groups is 1. The Kier molecular flexibility index (Phi) is 13.3. The Morgan fingerprint density at radius 1 is 0.913 bits per heavy atom. The smallest absolute Gasteiger partial charge is 0.246 e. The van der Waals surface area contributed by atoms with E-state index in [1.165, 1.54) is 11.8 Å². The van der Waals surface area contributed by atoms with E-state index in [0.717, 1.165) is 20.3 Å². The third-order valence-electron chi connectivity index (χ3n) is 7.71. The predicted octanol–water partition coefficient (Wildman–Crippen LogP) is 0.456. The summed E-state index contributed by atoms with van der Waals surface area (Å²) in [6.07, 6.45) is 0.862. The van der Waals surface area contributed by atoms with Gasteiger partial charge in [0, 0.05) is 36.4 Å². The molecule has 5 amide bonds. The topological polar surface area (TPSA) is 215 Å². The molecule has 1 heterocycles. The second-order valence-electron chi connectivity index (χ2n) is 11.7. The number of fused-ring (bicyclic) bond motifs is 1. The van der Waals surface area contributed by atoms with Crippen molar-refractivity contribution in [1.29, 1.82) is 0 Å². The summed E-state index contributed by atoms with van der Waals surface area (Å²) in [5, 5.41) is 8.23. The lowest BCUT2D eigenvalue weighted by atomic mass is 9.92. The Balaban J connectivity index is 1.93. The maximum absolute atomic E-state index is 14.3. The quantitative estimate of drug-likeness (QED) is 0.0695. The number of hydrogen-bond acceptors (Lipinski definition) is 6. The van der Waals surface area contributed by atoms with E-state index in [1.807, 2.05) is 48.5 Å². The Morgan fingerprint density at radius 2 is 1.54 bits per heavy atom. The third kappa shape index (κ3) is 10.4. The molecule has 0 aromatic heterocycles. The lowest BCUT2D eigenvalue weighted by Crippen LogP contribution is -2.60. The fraction of sp³-hybridized carbons (Fsp3) is 0.438. The van der Waals surface area contributed by atoms with Crippen LogP contribution in [-0.4, -0.2) is 71.1 Å². The van der Waals surface area contributed by atoms with Crippen LogP contribution in [-0.2, 0) is 43.4 Å². The van der Waals surface area contributed by atoms with Crippen molar-refractivity contribution >= 4 is 58.1 Å². The number of nitrogens with zero attached hydrogens (tertiary/aromatic N) is 2.